The van der Waals surface area contributed by atoms with Crippen LogP contribution < -0.4 is 10.6 Å². The lowest BCUT2D eigenvalue weighted by atomic mass is 10.0. The molecular weight excluding hydrogens is 320 g/mol. The highest BCUT2D eigenvalue weighted by atomic mass is 16.4. The SMILES string of the molecule is C[C@](O)(CNC(=O)NCc1cccc(-n2cccn2)c1)c1ccco1. The molecule has 2 amide bonds. The highest BCUT2D eigenvalue weighted by Crippen LogP contribution is 2.19. The van der Waals surface area contributed by atoms with E-state index in [4.69, 9.17) is 4.42 Å². The minimum Gasteiger partial charge on any atom is -0.466 e. The lowest BCUT2D eigenvalue weighted by Crippen LogP contribution is -2.43. The number of nitrogens with one attached hydrogen (secondary N) is 2. The summed E-state index contributed by atoms with van der Waals surface area (Å²) in [4.78, 5) is 12.0. The van der Waals surface area contributed by atoms with Crippen molar-refractivity contribution in [1.29, 1.82) is 0 Å². The molecule has 0 aliphatic carbocycles. The smallest absolute Gasteiger partial charge is 0.315 e. The molecular formula is C18H20N4O3. The minimum atomic E-state index is -1.26. The van der Waals surface area contributed by atoms with Crippen LogP contribution in [0, 0.1) is 0 Å². The van der Waals surface area contributed by atoms with E-state index in [0.717, 1.165) is 11.3 Å². The van der Waals surface area contributed by atoms with Crippen molar-refractivity contribution in [1.82, 2.24) is 20.4 Å². The molecule has 3 rings (SSSR count). The molecule has 0 radical (unpaired) electrons. The number of furan rings is 1. The van der Waals surface area contributed by atoms with Gasteiger partial charge in [0.1, 0.15) is 11.4 Å². The van der Waals surface area contributed by atoms with Crippen LogP contribution in [-0.4, -0.2) is 27.5 Å². The molecule has 0 bridgehead atoms. The van der Waals surface area contributed by atoms with E-state index in [-0.39, 0.29) is 12.6 Å². The number of benzene rings is 1. The number of urea groups is 1. The van der Waals surface area contributed by atoms with Crippen molar-refractivity contribution < 1.29 is 14.3 Å². The van der Waals surface area contributed by atoms with Gasteiger partial charge in [0.15, 0.2) is 0 Å². The van der Waals surface area contributed by atoms with Crippen molar-refractivity contribution in [2.45, 2.75) is 19.1 Å². The standard InChI is InChI=1S/C18H20N4O3/c1-18(24,16-7-3-10-25-16)13-20-17(23)19-12-14-5-2-6-15(11-14)22-9-4-8-21-22/h2-11,24H,12-13H2,1H3,(H2,19,20,23)/t18-/m0/s1. The van der Waals surface area contributed by atoms with Crippen LogP contribution >= 0.6 is 0 Å². The van der Waals surface area contributed by atoms with E-state index in [0.29, 0.717) is 12.3 Å². The van der Waals surface area contributed by atoms with Crippen molar-refractivity contribution in [3.8, 4) is 5.69 Å². The normalized spacial score (nSPS) is 13.2. The van der Waals surface area contributed by atoms with Crippen LogP contribution in [0.3, 0.4) is 0 Å². The molecule has 0 spiro atoms. The fraction of sp³-hybridized carbons (Fsp3) is 0.222. The summed E-state index contributed by atoms with van der Waals surface area (Å²) in [7, 11) is 0. The maximum atomic E-state index is 12.0. The van der Waals surface area contributed by atoms with Gasteiger partial charge in [0, 0.05) is 18.9 Å². The van der Waals surface area contributed by atoms with Crippen molar-refractivity contribution in [2.24, 2.45) is 0 Å². The molecule has 3 N–H and O–H groups in total. The Morgan fingerprint density at radius 3 is 2.88 bits per heavy atom. The number of carbonyl (C=O) groups excluding carboxylic acids is 1. The number of aromatic nitrogens is 2. The van der Waals surface area contributed by atoms with Crippen LogP contribution in [0.4, 0.5) is 4.79 Å². The van der Waals surface area contributed by atoms with E-state index >= 15 is 0 Å². The molecule has 3 aromatic rings. The first-order valence-electron chi connectivity index (χ1n) is 7.92. The molecule has 2 heterocycles. The predicted molar refractivity (Wildman–Crippen MR) is 92.1 cm³/mol. The molecule has 0 aliphatic rings. The Kier molecular flexibility index (Phi) is 4.85. The second kappa shape index (κ2) is 7.23. The summed E-state index contributed by atoms with van der Waals surface area (Å²) in [5, 5.41) is 19.9. The predicted octanol–water partition coefficient (Wildman–Crippen LogP) is 2.17. The zero-order chi connectivity index (χ0) is 17.7. The molecule has 1 aromatic carbocycles. The fourth-order valence-corrected chi connectivity index (χ4v) is 2.40. The maximum Gasteiger partial charge on any atom is 0.315 e. The van der Waals surface area contributed by atoms with Crippen molar-refractivity contribution in [3.05, 3.63) is 72.4 Å². The Morgan fingerprint density at radius 1 is 1.28 bits per heavy atom. The third-order valence-electron chi connectivity index (χ3n) is 3.78. The molecule has 0 unspecified atom stereocenters. The van der Waals surface area contributed by atoms with Gasteiger partial charge in [-0.05, 0) is 42.8 Å². The number of aliphatic hydroxyl groups is 1. The lowest BCUT2D eigenvalue weighted by molar-refractivity contribution is 0.0367. The zero-order valence-corrected chi connectivity index (χ0v) is 13.8. The van der Waals surface area contributed by atoms with Crippen LogP contribution in [0.15, 0.2) is 65.5 Å². The monoisotopic (exact) mass is 340 g/mol. The van der Waals surface area contributed by atoms with Crippen molar-refractivity contribution in [2.75, 3.05) is 6.54 Å². The van der Waals surface area contributed by atoms with Crippen LogP contribution in [0.5, 0.6) is 0 Å². The van der Waals surface area contributed by atoms with Gasteiger partial charge in [-0.2, -0.15) is 5.10 Å². The average molecular weight is 340 g/mol. The summed E-state index contributed by atoms with van der Waals surface area (Å²) < 4.78 is 6.93. The molecule has 7 heteroatoms. The van der Waals surface area contributed by atoms with Crippen LogP contribution in [0.2, 0.25) is 0 Å². The van der Waals surface area contributed by atoms with E-state index in [1.165, 1.54) is 6.26 Å². The topological polar surface area (TPSA) is 92.3 Å². The fourth-order valence-electron chi connectivity index (χ4n) is 2.40. The first-order chi connectivity index (χ1) is 12.0. The largest absolute Gasteiger partial charge is 0.466 e. The van der Waals surface area contributed by atoms with Gasteiger partial charge in [-0.3, -0.25) is 0 Å². The van der Waals surface area contributed by atoms with Gasteiger partial charge in [-0.15, -0.1) is 0 Å². The van der Waals surface area contributed by atoms with Crippen molar-refractivity contribution in [3.63, 3.8) is 0 Å². The second-order valence-electron chi connectivity index (χ2n) is 5.91. The third-order valence-corrected chi connectivity index (χ3v) is 3.78. The maximum absolute atomic E-state index is 12.0. The number of hydrogen-bond acceptors (Lipinski definition) is 4. The van der Waals surface area contributed by atoms with Crippen LogP contribution in [-0.2, 0) is 12.1 Å². The molecule has 7 nitrogen and oxygen atoms in total. The Morgan fingerprint density at radius 2 is 2.16 bits per heavy atom. The minimum absolute atomic E-state index is 0.0413. The van der Waals surface area contributed by atoms with Gasteiger partial charge in [-0.1, -0.05) is 12.1 Å². The van der Waals surface area contributed by atoms with Gasteiger partial charge in [0.25, 0.3) is 0 Å². The molecule has 130 valence electrons. The van der Waals surface area contributed by atoms with Gasteiger partial charge in [0.05, 0.1) is 18.5 Å². The Bertz CT molecular complexity index is 811. The van der Waals surface area contributed by atoms with Gasteiger partial charge < -0.3 is 20.2 Å². The molecule has 2 aromatic heterocycles. The van der Waals surface area contributed by atoms with Gasteiger partial charge in [0.2, 0.25) is 0 Å². The molecule has 0 saturated carbocycles. The van der Waals surface area contributed by atoms with E-state index < -0.39 is 5.60 Å². The molecule has 0 aliphatic heterocycles. The number of rotatable bonds is 6. The Labute approximate surface area is 145 Å². The number of carbonyl (C=O) groups is 1. The molecule has 0 fully saturated rings. The molecule has 0 saturated heterocycles. The lowest BCUT2D eigenvalue weighted by Gasteiger charge is -2.21. The molecule has 25 heavy (non-hydrogen) atoms. The second-order valence-corrected chi connectivity index (χ2v) is 5.91. The summed E-state index contributed by atoms with van der Waals surface area (Å²) in [6.07, 6.45) is 5.05. The quantitative estimate of drug-likeness (QED) is 0.641. The third kappa shape index (κ3) is 4.27. The van der Waals surface area contributed by atoms with E-state index in [1.54, 1.807) is 29.9 Å². The first-order valence-corrected chi connectivity index (χ1v) is 7.92. The molecule has 1 atom stereocenters. The van der Waals surface area contributed by atoms with E-state index in [9.17, 15) is 9.90 Å². The van der Waals surface area contributed by atoms with Gasteiger partial charge in [-0.25, -0.2) is 9.48 Å². The number of nitrogens with zero attached hydrogens (tertiary/aromatic N) is 2. The number of amides is 2. The Balaban J connectivity index is 1.52. The summed E-state index contributed by atoms with van der Waals surface area (Å²) in [5.74, 6) is 0.403. The van der Waals surface area contributed by atoms with Crippen molar-refractivity contribution >= 4 is 6.03 Å². The van der Waals surface area contributed by atoms with Crippen LogP contribution in [0.1, 0.15) is 18.2 Å². The summed E-state index contributed by atoms with van der Waals surface area (Å²) >= 11 is 0. The summed E-state index contributed by atoms with van der Waals surface area (Å²) in [6.45, 7) is 1.99. The zero-order valence-electron chi connectivity index (χ0n) is 13.8. The summed E-state index contributed by atoms with van der Waals surface area (Å²) in [5.41, 5.74) is 0.604. The first kappa shape index (κ1) is 16.8. The highest BCUT2D eigenvalue weighted by molar-refractivity contribution is 5.73. The van der Waals surface area contributed by atoms with Crippen LogP contribution in [0.25, 0.3) is 5.69 Å². The van der Waals surface area contributed by atoms with Gasteiger partial charge >= 0.3 is 6.03 Å². The highest BCUT2D eigenvalue weighted by Gasteiger charge is 2.26. The van der Waals surface area contributed by atoms with E-state index in [2.05, 4.69) is 15.7 Å². The van der Waals surface area contributed by atoms with E-state index in [1.807, 2.05) is 36.5 Å². The summed E-state index contributed by atoms with van der Waals surface area (Å²) in [6, 6.07) is 12.6. The average Bonchev–Trinajstić information content (AvgIpc) is 3.32. The Hall–Kier alpha value is -3.06. The number of hydrogen-bond donors (Lipinski definition) is 3.